The molecule has 0 bridgehead atoms. The van der Waals surface area contributed by atoms with E-state index in [1.165, 1.54) is 32.4 Å². The van der Waals surface area contributed by atoms with Crippen molar-refractivity contribution in [2.45, 2.75) is 19.3 Å². The van der Waals surface area contributed by atoms with Crippen LogP contribution in [0.15, 0.2) is 12.2 Å². The molecule has 1 saturated carbocycles. The Morgan fingerprint density at radius 3 is 2.67 bits per heavy atom. The number of nitrogens with two attached hydrogens (primary N) is 1. The lowest BCUT2D eigenvalue weighted by molar-refractivity contribution is 0.240. The van der Waals surface area contributed by atoms with Gasteiger partial charge in [0.1, 0.15) is 0 Å². The summed E-state index contributed by atoms with van der Waals surface area (Å²) in [6, 6.07) is 0. The quantitative estimate of drug-likeness (QED) is 0.633. The maximum absolute atomic E-state index is 5.74. The van der Waals surface area contributed by atoms with Gasteiger partial charge in [0.15, 0.2) is 0 Å². The van der Waals surface area contributed by atoms with E-state index >= 15 is 0 Å². The van der Waals surface area contributed by atoms with Crippen molar-refractivity contribution in [1.82, 2.24) is 4.90 Å². The van der Waals surface area contributed by atoms with E-state index in [1.807, 2.05) is 0 Å². The van der Waals surface area contributed by atoms with Gasteiger partial charge in [-0.1, -0.05) is 12.2 Å². The predicted molar refractivity (Wildman–Crippen MR) is 50.9 cm³/mol. The highest BCUT2D eigenvalue weighted by atomic mass is 15.1. The first-order valence-corrected chi connectivity index (χ1v) is 4.92. The molecule has 2 N–H and O–H groups in total. The van der Waals surface area contributed by atoms with E-state index in [-0.39, 0.29) is 0 Å². The van der Waals surface area contributed by atoms with Crippen LogP contribution >= 0.6 is 0 Å². The molecule has 12 heavy (non-hydrogen) atoms. The lowest BCUT2D eigenvalue weighted by Crippen LogP contribution is -2.36. The molecule has 1 aliphatic heterocycles. The van der Waals surface area contributed by atoms with Crippen LogP contribution in [0.25, 0.3) is 0 Å². The molecule has 68 valence electrons. The van der Waals surface area contributed by atoms with Crippen molar-refractivity contribution in [3.05, 3.63) is 12.2 Å². The minimum atomic E-state index is 0.519. The zero-order valence-corrected chi connectivity index (χ0v) is 7.63. The molecular formula is C10H18N2. The third kappa shape index (κ3) is 1.70. The van der Waals surface area contributed by atoms with Gasteiger partial charge in [0.25, 0.3) is 0 Å². The number of nitrogens with zero attached hydrogens (tertiary/aromatic N) is 1. The molecule has 2 aliphatic rings. The molecule has 2 nitrogen and oxygen atoms in total. The number of hydrogen-bond acceptors (Lipinski definition) is 2. The van der Waals surface area contributed by atoms with Crippen LogP contribution in [-0.4, -0.2) is 31.1 Å². The van der Waals surface area contributed by atoms with E-state index in [1.54, 1.807) is 0 Å². The van der Waals surface area contributed by atoms with Crippen LogP contribution in [-0.2, 0) is 0 Å². The van der Waals surface area contributed by atoms with E-state index in [2.05, 4.69) is 17.1 Å². The molecule has 2 heteroatoms. The summed E-state index contributed by atoms with van der Waals surface area (Å²) in [7, 11) is 0. The van der Waals surface area contributed by atoms with Crippen LogP contribution < -0.4 is 5.73 Å². The molecule has 0 atom stereocenters. The van der Waals surface area contributed by atoms with Crippen molar-refractivity contribution in [1.29, 1.82) is 0 Å². The van der Waals surface area contributed by atoms with Crippen molar-refractivity contribution < 1.29 is 0 Å². The third-order valence-corrected chi connectivity index (χ3v) is 3.09. The second-order valence-electron chi connectivity index (χ2n) is 4.20. The van der Waals surface area contributed by atoms with E-state index in [0.29, 0.717) is 5.41 Å². The molecule has 0 aromatic heterocycles. The normalized spacial score (nSPS) is 27.4. The zero-order valence-electron chi connectivity index (χ0n) is 7.63. The molecule has 0 aromatic rings. The van der Waals surface area contributed by atoms with Crippen LogP contribution in [0.5, 0.6) is 0 Å². The first kappa shape index (κ1) is 8.27. The van der Waals surface area contributed by atoms with Crippen LogP contribution in [0, 0.1) is 5.41 Å². The van der Waals surface area contributed by atoms with Gasteiger partial charge in [-0.3, -0.25) is 4.90 Å². The standard InChI is InChI=1S/C10H18N2/c11-8-10(4-5-10)9-12-6-2-1-3-7-12/h1-2H,3-9,11H2. The van der Waals surface area contributed by atoms with Crippen LogP contribution in [0.3, 0.4) is 0 Å². The van der Waals surface area contributed by atoms with Gasteiger partial charge in [-0.2, -0.15) is 0 Å². The lowest BCUT2D eigenvalue weighted by atomic mass is 10.1. The average Bonchev–Trinajstić information content (AvgIpc) is 2.88. The van der Waals surface area contributed by atoms with Crippen molar-refractivity contribution >= 4 is 0 Å². The lowest BCUT2D eigenvalue weighted by Gasteiger charge is -2.27. The van der Waals surface area contributed by atoms with E-state index in [4.69, 9.17) is 5.73 Å². The highest BCUT2D eigenvalue weighted by Gasteiger charge is 2.42. The van der Waals surface area contributed by atoms with Crippen LogP contribution in [0.1, 0.15) is 19.3 Å². The van der Waals surface area contributed by atoms with Crippen LogP contribution in [0.4, 0.5) is 0 Å². The first-order valence-electron chi connectivity index (χ1n) is 4.92. The maximum atomic E-state index is 5.74. The van der Waals surface area contributed by atoms with Gasteiger partial charge in [-0.15, -0.1) is 0 Å². The topological polar surface area (TPSA) is 29.3 Å². The molecule has 1 aliphatic carbocycles. The minimum absolute atomic E-state index is 0.519. The maximum Gasteiger partial charge on any atom is 0.0163 e. The fraction of sp³-hybridized carbons (Fsp3) is 0.800. The average molecular weight is 166 g/mol. The van der Waals surface area contributed by atoms with E-state index in [9.17, 15) is 0 Å². The van der Waals surface area contributed by atoms with Gasteiger partial charge in [0.2, 0.25) is 0 Å². The smallest absolute Gasteiger partial charge is 0.0163 e. The Labute approximate surface area is 74.4 Å². The van der Waals surface area contributed by atoms with Crippen LogP contribution in [0.2, 0.25) is 0 Å². The fourth-order valence-corrected chi connectivity index (χ4v) is 1.91. The SMILES string of the molecule is NCC1(CN2CC=CCC2)CC1. The van der Waals surface area contributed by atoms with Crippen molar-refractivity contribution in [2.24, 2.45) is 11.1 Å². The van der Waals surface area contributed by atoms with Gasteiger partial charge in [-0.05, 0) is 31.2 Å². The predicted octanol–water partition coefficient (Wildman–Crippen LogP) is 0.987. The summed E-state index contributed by atoms with van der Waals surface area (Å²) in [5.41, 5.74) is 6.26. The Bertz CT molecular complexity index is 182. The van der Waals surface area contributed by atoms with Gasteiger partial charge >= 0.3 is 0 Å². The Hall–Kier alpha value is -0.340. The molecule has 0 saturated heterocycles. The minimum Gasteiger partial charge on any atom is -0.330 e. The Kier molecular flexibility index (Phi) is 2.20. The van der Waals surface area contributed by atoms with Gasteiger partial charge in [0.05, 0.1) is 0 Å². The zero-order chi connectivity index (χ0) is 8.44. The molecule has 1 heterocycles. The number of hydrogen-bond donors (Lipinski definition) is 1. The van der Waals surface area contributed by atoms with Crippen molar-refractivity contribution in [3.63, 3.8) is 0 Å². The van der Waals surface area contributed by atoms with E-state index < -0.39 is 0 Å². The first-order chi connectivity index (χ1) is 5.85. The molecule has 0 unspecified atom stereocenters. The highest BCUT2D eigenvalue weighted by Crippen LogP contribution is 2.45. The second-order valence-corrected chi connectivity index (χ2v) is 4.20. The summed E-state index contributed by atoms with van der Waals surface area (Å²) < 4.78 is 0. The van der Waals surface area contributed by atoms with Gasteiger partial charge in [-0.25, -0.2) is 0 Å². The summed E-state index contributed by atoms with van der Waals surface area (Å²) in [6.45, 7) is 4.49. The summed E-state index contributed by atoms with van der Waals surface area (Å²) in [4.78, 5) is 2.53. The molecular weight excluding hydrogens is 148 g/mol. The Morgan fingerprint density at radius 2 is 2.17 bits per heavy atom. The third-order valence-electron chi connectivity index (χ3n) is 3.09. The van der Waals surface area contributed by atoms with E-state index in [0.717, 1.165) is 13.1 Å². The molecule has 0 aromatic carbocycles. The Balaban J connectivity index is 1.82. The number of rotatable bonds is 3. The molecule has 0 radical (unpaired) electrons. The van der Waals surface area contributed by atoms with Crippen molar-refractivity contribution in [3.8, 4) is 0 Å². The summed E-state index contributed by atoms with van der Waals surface area (Å²) in [6.07, 6.45) is 8.47. The highest BCUT2D eigenvalue weighted by molar-refractivity contribution is 4.99. The summed E-state index contributed by atoms with van der Waals surface area (Å²) >= 11 is 0. The fourth-order valence-electron chi connectivity index (χ4n) is 1.91. The molecule has 0 spiro atoms. The van der Waals surface area contributed by atoms with Gasteiger partial charge < -0.3 is 5.73 Å². The molecule has 0 amide bonds. The molecule has 1 fully saturated rings. The monoisotopic (exact) mass is 166 g/mol. The Morgan fingerprint density at radius 1 is 1.33 bits per heavy atom. The molecule has 2 rings (SSSR count). The summed E-state index contributed by atoms with van der Waals surface area (Å²) in [5.74, 6) is 0. The van der Waals surface area contributed by atoms with Gasteiger partial charge in [0, 0.05) is 19.6 Å². The largest absolute Gasteiger partial charge is 0.330 e. The summed E-state index contributed by atoms with van der Waals surface area (Å²) in [5, 5.41) is 0. The second kappa shape index (κ2) is 3.19. The van der Waals surface area contributed by atoms with Crippen molar-refractivity contribution in [2.75, 3.05) is 26.2 Å².